The summed E-state index contributed by atoms with van der Waals surface area (Å²) in [6.45, 7) is 4.37. The Bertz CT molecular complexity index is 154. The van der Waals surface area contributed by atoms with Crippen molar-refractivity contribution >= 4 is 0 Å². The summed E-state index contributed by atoms with van der Waals surface area (Å²) in [5, 5.41) is 3.31. The number of rotatable bonds is 0. The fourth-order valence-electron chi connectivity index (χ4n) is 1.38. The predicted molar refractivity (Wildman–Crippen MR) is 42.1 cm³/mol. The first-order valence-corrected chi connectivity index (χ1v) is 3.74. The lowest BCUT2D eigenvalue weighted by Gasteiger charge is -2.23. The smallest absolute Gasteiger partial charge is 0.0348 e. The van der Waals surface area contributed by atoms with Crippen LogP contribution in [0.5, 0.6) is 0 Å². The van der Waals surface area contributed by atoms with Gasteiger partial charge in [0.1, 0.15) is 0 Å². The summed E-state index contributed by atoms with van der Waals surface area (Å²) in [6.07, 6.45) is 1.19. The van der Waals surface area contributed by atoms with Gasteiger partial charge in [0.05, 0.1) is 0 Å². The van der Waals surface area contributed by atoms with Crippen LogP contribution in [-0.4, -0.2) is 13.1 Å². The Balaban J connectivity index is 2.37. The summed E-state index contributed by atoms with van der Waals surface area (Å²) < 4.78 is 0. The van der Waals surface area contributed by atoms with Crippen LogP contribution >= 0.6 is 0 Å². The second-order valence-electron chi connectivity index (χ2n) is 2.98. The third-order valence-electron chi connectivity index (χ3n) is 1.86. The van der Waals surface area contributed by atoms with Gasteiger partial charge in [-0.25, -0.2) is 0 Å². The van der Waals surface area contributed by atoms with E-state index in [0.717, 1.165) is 19.0 Å². The molecule has 2 atom stereocenters. The minimum atomic E-state index is 0.480. The summed E-state index contributed by atoms with van der Waals surface area (Å²) >= 11 is 0. The molecular formula is C8H14N2. The Morgan fingerprint density at radius 2 is 2.30 bits per heavy atom. The Labute approximate surface area is 62.2 Å². The second kappa shape index (κ2) is 3.48. The van der Waals surface area contributed by atoms with E-state index in [1.807, 2.05) is 0 Å². The summed E-state index contributed by atoms with van der Waals surface area (Å²) in [5.41, 5.74) is 5.12. The molecule has 2 unspecified atom stereocenters. The van der Waals surface area contributed by atoms with Gasteiger partial charge in [0, 0.05) is 18.5 Å². The topological polar surface area (TPSA) is 38.0 Å². The van der Waals surface area contributed by atoms with E-state index in [-0.39, 0.29) is 0 Å². The molecule has 0 amide bonds. The van der Waals surface area contributed by atoms with Gasteiger partial charge in [0.25, 0.3) is 0 Å². The maximum atomic E-state index is 5.12. The van der Waals surface area contributed by atoms with E-state index >= 15 is 0 Å². The first-order valence-electron chi connectivity index (χ1n) is 3.74. The lowest BCUT2D eigenvalue weighted by atomic mass is 9.93. The Morgan fingerprint density at radius 3 is 2.90 bits per heavy atom. The molecule has 1 fully saturated rings. The molecule has 0 aromatic carbocycles. The van der Waals surface area contributed by atoms with Crippen molar-refractivity contribution < 1.29 is 0 Å². The molecule has 0 saturated carbocycles. The molecular weight excluding hydrogens is 124 g/mol. The summed E-state index contributed by atoms with van der Waals surface area (Å²) in [4.78, 5) is 0. The molecule has 0 bridgehead atoms. The summed E-state index contributed by atoms with van der Waals surface area (Å²) in [7, 11) is 0. The van der Waals surface area contributed by atoms with Crippen molar-refractivity contribution in [2.24, 2.45) is 17.6 Å². The van der Waals surface area contributed by atoms with Crippen LogP contribution in [0.1, 0.15) is 13.3 Å². The highest BCUT2D eigenvalue weighted by Crippen LogP contribution is 2.13. The fraction of sp³-hybridized carbons (Fsp3) is 0.750. The molecule has 0 radical (unpaired) electrons. The standard InChI is InChI=1S/C8H14N2/c1-7-4-8(2-3-9)6-10-5-7/h7-8,10H,4-6,9H2,1H3. The number of nitrogens with one attached hydrogen (secondary N) is 1. The molecule has 0 aromatic heterocycles. The maximum absolute atomic E-state index is 5.12. The molecule has 1 aliphatic heterocycles. The first-order chi connectivity index (χ1) is 4.83. The van der Waals surface area contributed by atoms with Gasteiger partial charge >= 0.3 is 0 Å². The van der Waals surface area contributed by atoms with Crippen LogP contribution in [0.3, 0.4) is 0 Å². The highest BCUT2D eigenvalue weighted by molar-refractivity contribution is 5.02. The van der Waals surface area contributed by atoms with E-state index in [9.17, 15) is 0 Å². The van der Waals surface area contributed by atoms with E-state index in [2.05, 4.69) is 24.2 Å². The molecule has 0 aliphatic carbocycles. The van der Waals surface area contributed by atoms with Crippen molar-refractivity contribution in [2.45, 2.75) is 13.3 Å². The SMILES string of the molecule is CC1CNCC(C#CN)C1. The van der Waals surface area contributed by atoms with E-state index in [0.29, 0.717) is 5.92 Å². The van der Waals surface area contributed by atoms with Gasteiger partial charge in [-0.05, 0) is 18.9 Å². The average molecular weight is 138 g/mol. The largest absolute Gasteiger partial charge is 0.359 e. The monoisotopic (exact) mass is 138 g/mol. The van der Waals surface area contributed by atoms with E-state index in [4.69, 9.17) is 5.73 Å². The van der Waals surface area contributed by atoms with Crippen LogP contribution in [-0.2, 0) is 0 Å². The lowest BCUT2D eigenvalue weighted by Crippen LogP contribution is -2.34. The van der Waals surface area contributed by atoms with Crippen LogP contribution in [0.25, 0.3) is 0 Å². The molecule has 2 heteroatoms. The Morgan fingerprint density at radius 1 is 1.50 bits per heavy atom. The molecule has 0 aromatic rings. The Kier molecular flexibility index (Phi) is 2.58. The number of nitrogens with two attached hydrogens (primary N) is 1. The van der Waals surface area contributed by atoms with Gasteiger partial charge in [0.15, 0.2) is 0 Å². The van der Waals surface area contributed by atoms with E-state index in [1.165, 1.54) is 6.42 Å². The number of hydrogen-bond donors (Lipinski definition) is 2. The molecule has 0 spiro atoms. The van der Waals surface area contributed by atoms with Crippen LogP contribution in [0.15, 0.2) is 0 Å². The molecule has 56 valence electrons. The molecule has 3 N–H and O–H groups in total. The minimum absolute atomic E-state index is 0.480. The summed E-state index contributed by atoms with van der Waals surface area (Å²) in [5.74, 6) is 4.21. The highest BCUT2D eigenvalue weighted by atomic mass is 14.9. The maximum Gasteiger partial charge on any atom is 0.0348 e. The van der Waals surface area contributed by atoms with E-state index in [1.54, 1.807) is 0 Å². The molecule has 10 heavy (non-hydrogen) atoms. The molecule has 1 saturated heterocycles. The first kappa shape index (κ1) is 7.43. The van der Waals surface area contributed by atoms with Crippen molar-refractivity contribution in [3.05, 3.63) is 0 Å². The summed E-state index contributed by atoms with van der Waals surface area (Å²) in [6, 6.07) is 2.47. The number of hydrogen-bond acceptors (Lipinski definition) is 2. The van der Waals surface area contributed by atoms with Gasteiger partial charge < -0.3 is 11.1 Å². The van der Waals surface area contributed by atoms with Crippen LogP contribution in [0.2, 0.25) is 0 Å². The average Bonchev–Trinajstić information content (AvgIpc) is 1.88. The third kappa shape index (κ3) is 1.93. The van der Waals surface area contributed by atoms with Crippen molar-refractivity contribution in [3.8, 4) is 12.0 Å². The van der Waals surface area contributed by atoms with Gasteiger partial charge in [0.2, 0.25) is 0 Å². The normalized spacial score (nSPS) is 32.5. The number of piperidine rings is 1. The Hall–Kier alpha value is -0.680. The lowest BCUT2D eigenvalue weighted by molar-refractivity contribution is 0.353. The molecule has 1 heterocycles. The van der Waals surface area contributed by atoms with Crippen molar-refractivity contribution in [1.29, 1.82) is 0 Å². The zero-order valence-corrected chi connectivity index (χ0v) is 6.35. The quantitative estimate of drug-likeness (QED) is 0.369. The van der Waals surface area contributed by atoms with Gasteiger partial charge in [-0.3, -0.25) is 0 Å². The van der Waals surface area contributed by atoms with Crippen LogP contribution < -0.4 is 11.1 Å². The van der Waals surface area contributed by atoms with Gasteiger partial charge in [-0.2, -0.15) is 0 Å². The zero-order chi connectivity index (χ0) is 7.40. The predicted octanol–water partition coefficient (Wildman–Crippen LogP) is 0.152. The minimum Gasteiger partial charge on any atom is -0.359 e. The van der Waals surface area contributed by atoms with E-state index < -0.39 is 0 Å². The van der Waals surface area contributed by atoms with Crippen LogP contribution in [0, 0.1) is 23.8 Å². The van der Waals surface area contributed by atoms with Gasteiger partial charge in [-0.15, -0.1) is 0 Å². The fourth-order valence-corrected chi connectivity index (χ4v) is 1.38. The highest BCUT2D eigenvalue weighted by Gasteiger charge is 2.15. The molecule has 1 rings (SSSR count). The van der Waals surface area contributed by atoms with Crippen molar-refractivity contribution in [3.63, 3.8) is 0 Å². The van der Waals surface area contributed by atoms with Crippen molar-refractivity contribution in [1.82, 2.24) is 5.32 Å². The van der Waals surface area contributed by atoms with Crippen LogP contribution in [0.4, 0.5) is 0 Å². The third-order valence-corrected chi connectivity index (χ3v) is 1.86. The zero-order valence-electron chi connectivity index (χ0n) is 6.35. The molecule has 1 aliphatic rings. The van der Waals surface area contributed by atoms with Gasteiger partial charge in [-0.1, -0.05) is 12.8 Å². The van der Waals surface area contributed by atoms with Crippen molar-refractivity contribution in [2.75, 3.05) is 13.1 Å². The molecule has 2 nitrogen and oxygen atoms in total. The second-order valence-corrected chi connectivity index (χ2v) is 2.98.